The summed E-state index contributed by atoms with van der Waals surface area (Å²) >= 11 is 0. The monoisotopic (exact) mass is 172 g/mol. The van der Waals surface area contributed by atoms with Gasteiger partial charge in [-0.3, -0.25) is 10.4 Å². The van der Waals surface area contributed by atoms with Crippen molar-refractivity contribution in [2.24, 2.45) is 5.73 Å². The van der Waals surface area contributed by atoms with Gasteiger partial charge in [0.2, 0.25) is 0 Å². The molecule has 0 aromatic carbocycles. The van der Waals surface area contributed by atoms with Gasteiger partial charge in [0.1, 0.15) is 11.5 Å². The molecule has 0 saturated carbocycles. The first-order valence-electron chi connectivity index (χ1n) is 3.82. The van der Waals surface area contributed by atoms with E-state index in [2.05, 4.69) is 9.97 Å². The summed E-state index contributed by atoms with van der Waals surface area (Å²) in [5.74, 6) is -0.0151. The second-order valence-corrected chi connectivity index (χ2v) is 2.68. The van der Waals surface area contributed by atoms with Crippen molar-refractivity contribution in [1.29, 1.82) is 5.41 Å². The van der Waals surface area contributed by atoms with Gasteiger partial charge >= 0.3 is 0 Å². The van der Waals surface area contributed by atoms with Crippen molar-refractivity contribution in [3.05, 3.63) is 36.3 Å². The lowest BCUT2D eigenvalue weighted by atomic mass is 10.2. The van der Waals surface area contributed by atoms with E-state index in [1.807, 2.05) is 6.07 Å². The Morgan fingerprint density at radius 3 is 2.92 bits per heavy atom. The number of hydrogen-bond acceptors (Lipinski definition) is 3. The molecule has 64 valence electrons. The number of amidine groups is 1. The Hall–Kier alpha value is -1.97. The van der Waals surface area contributed by atoms with Crippen LogP contribution in [0.5, 0.6) is 0 Å². The van der Waals surface area contributed by atoms with Crippen LogP contribution >= 0.6 is 0 Å². The molecule has 0 spiro atoms. The van der Waals surface area contributed by atoms with Crippen LogP contribution in [0.1, 0.15) is 5.69 Å². The second kappa shape index (κ2) is 2.82. The molecule has 2 aromatic heterocycles. The molecule has 0 unspecified atom stereocenters. The SMILES string of the molecule is N=C(N)c1ccc2cnccc2n1. The summed E-state index contributed by atoms with van der Waals surface area (Å²) in [6.45, 7) is 0. The van der Waals surface area contributed by atoms with E-state index in [0.717, 1.165) is 10.9 Å². The van der Waals surface area contributed by atoms with E-state index in [1.54, 1.807) is 24.5 Å². The third-order valence-electron chi connectivity index (χ3n) is 1.77. The third kappa shape index (κ3) is 1.33. The Kier molecular flexibility index (Phi) is 1.66. The fourth-order valence-corrected chi connectivity index (χ4v) is 1.12. The minimum Gasteiger partial charge on any atom is -0.382 e. The highest BCUT2D eigenvalue weighted by molar-refractivity contribution is 5.95. The summed E-state index contributed by atoms with van der Waals surface area (Å²) in [6, 6.07) is 5.36. The van der Waals surface area contributed by atoms with E-state index in [9.17, 15) is 0 Å². The van der Waals surface area contributed by atoms with E-state index in [-0.39, 0.29) is 5.84 Å². The van der Waals surface area contributed by atoms with Crippen LogP contribution < -0.4 is 5.73 Å². The summed E-state index contributed by atoms with van der Waals surface area (Å²) in [5, 5.41) is 8.16. The Morgan fingerprint density at radius 1 is 1.31 bits per heavy atom. The quantitative estimate of drug-likeness (QED) is 0.496. The number of aromatic nitrogens is 2. The van der Waals surface area contributed by atoms with Crippen LogP contribution in [0.4, 0.5) is 0 Å². The van der Waals surface area contributed by atoms with E-state index >= 15 is 0 Å². The van der Waals surface area contributed by atoms with E-state index < -0.39 is 0 Å². The third-order valence-corrected chi connectivity index (χ3v) is 1.77. The van der Waals surface area contributed by atoms with Crippen LogP contribution in [0.2, 0.25) is 0 Å². The van der Waals surface area contributed by atoms with Gasteiger partial charge in [-0.2, -0.15) is 0 Å². The minimum atomic E-state index is -0.0151. The van der Waals surface area contributed by atoms with Crippen molar-refractivity contribution in [2.45, 2.75) is 0 Å². The number of nitrogens with zero attached hydrogens (tertiary/aromatic N) is 2. The number of nitrogens with two attached hydrogens (primary N) is 1. The highest BCUT2D eigenvalue weighted by Crippen LogP contribution is 2.09. The van der Waals surface area contributed by atoms with Crippen LogP contribution in [0.25, 0.3) is 10.9 Å². The van der Waals surface area contributed by atoms with E-state index in [1.165, 1.54) is 0 Å². The first kappa shape index (κ1) is 7.67. The second-order valence-electron chi connectivity index (χ2n) is 2.68. The Labute approximate surface area is 74.9 Å². The van der Waals surface area contributed by atoms with Gasteiger partial charge in [0, 0.05) is 17.8 Å². The predicted octanol–water partition coefficient (Wildman–Crippen LogP) is 0.914. The maximum Gasteiger partial charge on any atom is 0.141 e. The standard InChI is InChI=1S/C9H8N4/c10-9(11)8-2-1-6-5-12-4-3-7(6)13-8/h1-5H,(H3,10,11). The molecular formula is C9H8N4. The van der Waals surface area contributed by atoms with Gasteiger partial charge in [-0.1, -0.05) is 0 Å². The highest BCUT2D eigenvalue weighted by atomic mass is 14.8. The van der Waals surface area contributed by atoms with Crippen molar-refractivity contribution >= 4 is 16.7 Å². The molecule has 0 aliphatic rings. The number of fused-ring (bicyclic) bond motifs is 1. The molecule has 0 saturated heterocycles. The molecule has 4 nitrogen and oxygen atoms in total. The molecule has 0 atom stereocenters. The van der Waals surface area contributed by atoms with Crippen LogP contribution in [0, 0.1) is 5.41 Å². The number of pyridine rings is 2. The van der Waals surface area contributed by atoms with Gasteiger partial charge < -0.3 is 5.73 Å². The van der Waals surface area contributed by atoms with Crippen LogP contribution in [0.15, 0.2) is 30.6 Å². The number of rotatable bonds is 1. The van der Waals surface area contributed by atoms with Gasteiger partial charge in [-0.05, 0) is 18.2 Å². The maximum absolute atomic E-state index is 7.21. The lowest BCUT2D eigenvalue weighted by Crippen LogP contribution is -2.12. The largest absolute Gasteiger partial charge is 0.382 e. The lowest BCUT2D eigenvalue weighted by molar-refractivity contribution is 1.28. The van der Waals surface area contributed by atoms with Crippen molar-refractivity contribution in [3.63, 3.8) is 0 Å². The lowest BCUT2D eigenvalue weighted by Gasteiger charge is -1.99. The fourth-order valence-electron chi connectivity index (χ4n) is 1.12. The minimum absolute atomic E-state index is 0.0151. The summed E-state index contributed by atoms with van der Waals surface area (Å²) in [7, 11) is 0. The zero-order valence-corrected chi connectivity index (χ0v) is 6.86. The van der Waals surface area contributed by atoms with Gasteiger partial charge in [0.25, 0.3) is 0 Å². The molecule has 2 heterocycles. The molecular weight excluding hydrogens is 164 g/mol. The average Bonchev–Trinajstić information content (AvgIpc) is 2.17. The molecule has 0 amide bonds. The molecule has 4 heteroatoms. The van der Waals surface area contributed by atoms with Gasteiger partial charge in [-0.25, -0.2) is 4.98 Å². The zero-order chi connectivity index (χ0) is 9.26. The molecule has 2 aromatic rings. The predicted molar refractivity (Wildman–Crippen MR) is 50.6 cm³/mol. The smallest absolute Gasteiger partial charge is 0.141 e. The Morgan fingerprint density at radius 2 is 2.15 bits per heavy atom. The maximum atomic E-state index is 7.21. The van der Waals surface area contributed by atoms with E-state index in [4.69, 9.17) is 11.1 Å². The summed E-state index contributed by atoms with van der Waals surface area (Å²) in [6.07, 6.45) is 3.39. The Balaban J connectivity index is 2.69. The number of nitrogens with one attached hydrogen (secondary N) is 1. The molecule has 0 bridgehead atoms. The van der Waals surface area contributed by atoms with Gasteiger partial charge in [0.15, 0.2) is 0 Å². The molecule has 0 aliphatic carbocycles. The van der Waals surface area contributed by atoms with Crippen molar-refractivity contribution in [2.75, 3.05) is 0 Å². The molecule has 0 aliphatic heterocycles. The first-order chi connectivity index (χ1) is 6.27. The van der Waals surface area contributed by atoms with E-state index in [0.29, 0.717) is 5.69 Å². The summed E-state index contributed by atoms with van der Waals surface area (Å²) in [5.41, 5.74) is 6.62. The van der Waals surface area contributed by atoms with Crippen LogP contribution in [-0.2, 0) is 0 Å². The molecule has 0 fully saturated rings. The highest BCUT2D eigenvalue weighted by Gasteiger charge is 1.99. The molecule has 2 rings (SSSR count). The zero-order valence-electron chi connectivity index (χ0n) is 6.86. The Bertz CT molecular complexity index is 464. The normalized spacial score (nSPS) is 10.2. The van der Waals surface area contributed by atoms with Gasteiger partial charge in [0.05, 0.1) is 5.52 Å². The first-order valence-corrected chi connectivity index (χ1v) is 3.82. The summed E-state index contributed by atoms with van der Waals surface area (Å²) in [4.78, 5) is 8.15. The average molecular weight is 172 g/mol. The van der Waals surface area contributed by atoms with Crippen LogP contribution in [0.3, 0.4) is 0 Å². The fraction of sp³-hybridized carbons (Fsp3) is 0. The topological polar surface area (TPSA) is 75.7 Å². The number of hydrogen-bond donors (Lipinski definition) is 2. The van der Waals surface area contributed by atoms with Crippen molar-refractivity contribution in [3.8, 4) is 0 Å². The van der Waals surface area contributed by atoms with Crippen LogP contribution in [-0.4, -0.2) is 15.8 Å². The van der Waals surface area contributed by atoms with Crippen molar-refractivity contribution < 1.29 is 0 Å². The molecule has 13 heavy (non-hydrogen) atoms. The molecule has 3 N–H and O–H groups in total. The number of nitrogen functional groups attached to an aromatic ring is 1. The van der Waals surface area contributed by atoms with Gasteiger partial charge in [-0.15, -0.1) is 0 Å². The summed E-state index contributed by atoms with van der Waals surface area (Å²) < 4.78 is 0. The molecule has 0 radical (unpaired) electrons. The van der Waals surface area contributed by atoms with Crippen molar-refractivity contribution in [1.82, 2.24) is 9.97 Å².